The molecule has 2 aromatic rings. The molecule has 0 radical (unpaired) electrons. The number of hydrogen-bond donors (Lipinski definition) is 0. The maximum atomic E-state index is 13.2. The molecule has 1 fully saturated rings. The Morgan fingerprint density at radius 2 is 1.20 bits per heavy atom. The fraction of sp³-hybridized carbons (Fsp3) is 0.517. The molecule has 0 heterocycles. The van der Waals surface area contributed by atoms with Crippen molar-refractivity contribution >= 4 is 22.7 Å². The van der Waals surface area contributed by atoms with E-state index >= 15 is 0 Å². The SMILES string of the molecule is CCCCOC(=O)C1=C(C(=O)OCCCC)[C@H]2[C@@H]1[C@H]1C[C@@H]2c2c1c(OC)c1ccccc1c2OC. The van der Waals surface area contributed by atoms with E-state index in [-0.39, 0.29) is 35.6 Å². The van der Waals surface area contributed by atoms with Gasteiger partial charge in [0.1, 0.15) is 11.5 Å². The van der Waals surface area contributed by atoms with Crippen molar-refractivity contribution in [2.75, 3.05) is 27.4 Å². The Morgan fingerprint density at radius 1 is 0.771 bits per heavy atom. The minimum atomic E-state index is -0.372. The van der Waals surface area contributed by atoms with Crippen LogP contribution in [0.3, 0.4) is 0 Å². The summed E-state index contributed by atoms with van der Waals surface area (Å²) in [6.45, 7) is 4.83. The largest absolute Gasteiger partial charge is 0.496 e. The molecule has 1 saturated carbocycles. The summed E-state index contributed by atoms with van der Waals surface area (Å²) in [5.41, 5.74) is 3.26. The molecule has 2 aromatic carbocycles. The molecule has 0 spiro atoms. The van der Waals surface area contributed by atoms with Crippen molar-refractivity contribution in [3.8, 4) is 11.5 Å². The van der Waals surface area contributed by atoms with Crippen molar-refractivity contribution in [1.82, 2.24) is 0 Å². The molecule has 0 unspecified atom stereocenters. The van der Waals surface area contributed by atoms with Crippen molar-refractivity contribution < 1.29 is 28.5 Å². The van der Waals surface area contributed by atoms with E-state index in [1.165, 1.54) is 0 Å². The predicted molar refractivity (Wildman–Crippen MR) is 133 cm³/mol. The molecule has 3 aliphatic rings. The van der Waals surface area contributed by atoms with Crippen LogP contribution < -0.4 is 9.47 Å². The number of carbonyl (C=O) groups excluding carboxylic acids is 2. The van der Waals surface area contributed by atoms with Gasteiger partial charge in [-0.2, -0.15) is 0 Å². The number of methoxy groups -OCH3 is 2. The maximum Gasteiger partial charge on any atom is 0.334 e. The number of hydrogen-bond acceptors (Lipinski definition) is 6. The lowest BCUT2D eigenvalue weighted by Gasteiger charge is -2.43. The first-order chi connectivity index (χ1) is 17.1. The van der Waals surface area contributed by atoms with Gasteiger partial charge in [0, 0.05) is 33.7 Å². The highest BCUT2D eigenvalue weighted by molar-refractivity contribution is 6.06. The standard InChI is InChI=1S/C29H34O6/c1-5-7-13-34-28(30)24-20-18-15-19(21(20)25(24)29(31)35-14-8-6-2)23-22(18)26(32-3)16-11-9-10-12-17(16)27(23)33-4/h9-12,18-21H,5-8,13-15H2,1-4H3/t18-,19+,20+,21-. The van der Waals surface area contributed by atoms with E-state index in [9.17, 15) is 9.59 Å². The van der Waals surface area contributed by atoms with Gasteiger partial charge in [0.2, 0.25) is 0 Å². The summed E-state index contributed by atoms with van der Waals surface area (Å²) < 4.78 is 23.1. The zero-order chi connectivity index (χ0) is 24.7. The van der Waals surface area contributed by atoms with Gasteiger partial charge in [0.15, 0.2) is 0 Å². The van der Waals surface area contributed by atoms with Crippen LogP contribution in [-0.4, -0.2) is 39.4 Å². The number of esters is 2. The van der Waals surface area contributed by atoms with Gasteiger partial charge in [0.05, 0.1) is 38.6 Å². The van der Waals surface area contributed by atoms with Crippen LogP contribution in [0.25, 0.3) is 10.8 Å². The maximum absolute atomic E-state index is 13.2. The quantitative estimate of drug-likeness (QED) is 0.324. The smallest absolute Gasteiger partial charge is 0.334 e. The van der Waals surface area contributed by atoms with E-state index in [0.29, 0.717) is 24.4 Å². The first kappa shape index (κ1) is 23.7. The highest BCUT2D eigenvalue weighted by atomic mass is 16.5. The van der Waals surface area contributed by atoms with Gasteiger partial charge in [-0.3, -0.25) is 0 Å². The van der Waals surface area contributed by atoms with Crippen LogP contribution >= 0.6 is 0 Å². The van der Waals surface area contributed by atoms with E-state index in [2.05, 4.69) is 13.8 Å². The van der Waals surface area contributed by atoms with Crippen molar-refractivity contribution in [3.63, 3.8) is 0 Å². The molecule has 186 valence electrons. The summed E-state index contributed by atoms with van der Waals surface area (Å²) in [5.74, 6) is 0.986. The Bertz CT molecular complexity index is 1100. The van der Waals surface area contributed by atoms with Crippen molar-refractivity contribution in [3.05, 3.63) is 46.5 Å². The summed E-state index contributed by atoms with van der Waals surface area (Å²) in [6.07, 6.45) is 4.33. The van der Waals surface area contributed by atoms with Crippen molar-refractivity contribution in [2.45, 2.75) is 57.8 Å². The topological polar surface area (TPSA) is 71.1 Å². The van der Waals surface area contributed by atoms with E-state index in [1.807, 2.05) is 24.3 Å². The molecule has 0 N–H and O–H groups in total. The number of fused-ring (bicyclic) bond motifs is 9. The van der Waals surface area contributed by atoms with Crippen LogP contribution in [0.2, 0.25) is 0 Å². The highest BCUT2D eigenvalue weighted by Crippen LogP contribution is 2.72. The molecule has 4 atom stereocenters. The molecule has 35 heavy (non-hydrogen) atoms. The first-order valence-corrected chi connectivity index (χ1v) is 12.8. The molecule has 3 aliphatic carbocycles. The second-order valence-corrected chi connectivity index (χ2v) is 9.75. The fourth-order valence-electron chi connectivity index (χ4n) is 6.54. The van der Waals surface area contributed by atoms with Gasteiger partial charge in [-0.15, -0.1) is 0 Å². The summed E-state index contributed by atoms with van der Waals surface area (Å²) >= 11 is 0. The monoisotopic (exact) mass is 478 g/mol. The zero-order valence-corrected chi connectivity index (χ0v) is 21.0. The van der Waals surface area contributed by atoms with E-state index in [0.717, 1.165) is 65.5 Å². The second kappa shape index (κ2) is 9.56. The summed E-state index contributed by atoms with van der Waals surface area (Å²) in [7, 11) is 3.40. The van der Waals surface area contributed by atoms with Gasteiger partial charge in [-0.1, -0.05) is 51.0 Å². The number of benzene rings is 2. The molecule has 6 nitrogen and oxygen atoms in total. The Kier molecular flexibility index (Phi) is 6.47. The zero-order valence-electron chi connectivity index (χ0n) is 21.0. The van der Waals surface area contributed by atoms with Crippen molar-refractivity contribution in [1.29, 1.82) is 0 Å². The third kappa shape index (κ3) is 3.52. The van der Waals surface area contributed by atoms with Crippen LogP contribution in [0.1, 0.15) is 68.9 Å². The van der Waals surface area contributed by atoms with E-state index < -0.39 is 0 Å². The van der Waals surface area contributed by atoms with E-state index in [4.69, 9.17) is 18.9 Å². The van der Waals surface area contributed by atoms with Crippen LogP contribution in [0.5, 0.6) is 11.5 Å². The Labute approximate surface area is 206 Å². The third-order valence-corrected chi connectivity index (χ3v) is 7.97. The number of rotatable bonds is 10. The minimum Gasteiger partial charge on any atom is -0.496 e. The molecule has 5 rings (SSSR count). The Hall–Kier alpha value is -3.02. The van der Waals surface area contributed by atoms with Crippen LogP contribution in [-0.2, 0) is 19.1 Å². The summed E-state index contributed by atoms with van der Waals surface area (Å²) in [4.78, 5) is 26.4. The number of unbranched alkanes of at least 4 members (excludes halogenated alkanes) is 2. The fourth-order valence-corrected chi connectivity index (χ4v) is 6.54. The normalized spacial score (nSPS) is 23.5. The van der Waals surface area contributed by atoms with Crippen LogP contribution in [0.15, 0.2) is 35.4 Å². The van der Waals surface area contributed by atoms with Gasteiger partial charge in [-0.25, -0.2) is 9.59 Å². The van der Waals surface area contributed by atoms with E-state index in [1.54, 1.807) is 14.2 Å². The summed E-state index contributed by atoms with van der Waals surface area (Å²) in [5, 5.41) is 2.01. The average molecular weight is 479 g/mol. The molecule has 6 heteroatoms. The molecule has 0 aromatic heterocycles. The Balaban J connectivity index is 1.60. The van der Waals surface area contributed by atoms with Gasteiger partial charge < -0.3 is 18.9 Å². The second-order valence-electron chi connectivity index (χ2n) is 9.75. The molecular weight excluding hydrogens is 444 g/mol. The average Bonchev–Trinajstić information content (AvgIpc) is 3.35. The lowest BCUT2D eigenvalue weighted by molar-refractivity contribution is -0.145. The lowest BCUT2D eigenvalue weighted by atomic mass is 9.59. The van der Waals surface area contributed by atoms with Crippen LogP contribution in [0.4, 0.5) is 0 Å². The minimum absolute atomic E-state index is 0.0601. The van der Waals surface area contributed by atoms with Gasteiger partial charge >= 0.3 is 11.9 Å². The highest BCUT2D eigenvalue weighted by Gasteiger charge is 2.64. The summed E-state index contributed by atoms with van der Waals surface area (Å²) in [6, 6.07) is 8.09. The van der Waals surface area contributed by atoms with Gasteiger partial charge in [0.25, 0.3) is 0 Å². The third-order valence-electron chi connectivity index (χ3n) is 7.97. The van der Waals surface area contributed by atoms with Crippen LogP contribution in [0, 0.1) is 11.8 Å². The first-order valence-electron chi connectivity index (χ1n) is 12.8. The van der Waals surface area contributed by atoms with Crippen molar-refractivity contribution in [2.24, 2.45) is 11.8 Å². The molecule has 2 bridgehead atoms. The Morgan fingerprint density at radius 3 is 1.57 bits per heavy atom. The predicted octanol–water partition coefficient (Wildman–Crippen LogP) is 5.67. The number of carbonyl (C=O) groups is 2. The molecule has 0 saturated heterocycles. The molecule has 0 amide bonds. The molecular formula is C29H34O6. The van der Waals surface area contributed by atoms with Gasteiger partial charge in [-0.05, 0) is 31.1 Å². The lowest BCUT2D eigenvalue weighted by Crippen LogP contribution is -2.42. The number of ether oxygens (including phenoxy) is 4. The molecule has 0 aliphatic heterocycles.